The summed E-state index contributed by atoms with van der Waals surface area (Å²) in [6.07, 6.45) is 1.83. The van der Waals surface area contributed by atoms with Gasteiger partial charge in [0.25, 0.3) is 0 Å². The lowest BCUT2D eigenvalue weighted by Crippen LogP contribution is -2.30. The Bertz CT molecular complexity index is 231. The third-order valence-electron chi connectivity index (χ3n) is 2.33. The highest BCUT2D eigenvalue weighted by Crippen LogP contribution is 2.01. The lowest BCUT2D eigenvalue weighted by Gasteiger charge is -2.16. The molecule has 0 spiro atoms. The van der Waals surface area contributed by atoms with Crippen molar-refractivity contribution >= 4 is 0 Å². The first kappa shape index (κ1) is 10.2. The molecule has 0 bridgehead atoms. The number of nitrogens with zero attached hydrogens (tertiary/aromatic N) is 1. The van der Waals surface area contributed by atoms with Crippen LogP contribution in [0.3, 0.4) is 0 Å². The lowest BCUT2D eigenvalue weighted by molar-refractivity contribution is 0.424. The van der Waals surface area contributed by atoms with Crippen molar-refractivity contribution in [3.8, 4) is 0 Å². The number of hydrogen-bond acceptors (Lipinski definition) is 2. The molecule has 13 heavy (non-hydrogen) atoms. The van der Waals surface area contributed by atoms with Crippen LogP contribution in [0.2, 0.25) is 0 Å². The maximum Gasteiger partial charge on any atom is 0.0541 e. The second-order valence-corrected chi connectivity index (χ2v) is 3.73. The van der Waals surface area contributed by atoms with Gasteiger partial charge in [-0.05, 0) is 25.0 Å². The zero-order valence-electron chi connectivity index (χ0n) is 8.62. The Morgan fingerprint density at radius 3 is 2.62 bits per heavy atom. The van der Waals surface area contributed by atoms with Crippen molar-refractivity contribution in [3.05, 3.63) is 30.1 Å². The van der Waals surface area contributed by atoms with Crippen LogP contribution >= 0.6 is 0 Å². The molecular weight excluding hydrogens is 160 g/mol. The van der Waals surface area contributed by atoms with Crippen LogP contribution in [0.5, 0.6) is 0 Å². The van der Waals surface area contributed by atoms with Gasteiger partial charge in [-0.25, -0.2) is 0 Å². The van der Waals surface area contributed by atoms with Crippen LogP contribution in [0.25, 0.3) is 0 Å². The Morgan fingerprint density at radius 2 is 2.08 bits per heavy atom. The minimum absolute atomic E-state index is 0.544. The molecule has 0 saturated carbocycles. The van der Waals surface area contributed by atoms with Crippen LogP contribution in [-0.2, 0) is 6.54 Å². The summed E-state index contributed by atoms with van der Waals surface area (Å²) in [5.74, 6) is 0.670. The van der Waals surface area contributed by atoms with Crippen molar-refractivity contribution in [1.29, 1.82) is 0 Å². The van der Waals surface area contributed by atoms with Crippen molar-refractivity contribution in [2.75, 3.05) is 0 Å². The van der Waals surface area contributed by atoms with E-state index in [9.17, 15) is 0 Å². The second-order valence-electron chi connectivity index (χ2n) is 3.73. The van der Waals surface area contributed by atoms with Crippen LogP contribution in [0.1, 0.15) is 26.5 Å². The first-order valence-corrected chi connectivity index (χ1v) is 4.83. The number of nitrogens with one attached hydrogen (secondary N) is 1. The molecule has 0 saturated heterocycles. The first-order chi connectivity index (χ1) is 6.20. The number of aromatic nitrogens is 1. The third kappa shape index (κ3) is 3.55. The smallest absolute Gasteiger partial charge is 0.0541 e. The van der Waals surface area contributed by atoms with Gasteiger partial charge in [0.2, 0.25) is 0 Å². The average molecular weight is 178 g/mol. The molecule has 2 nitrogen and oxygen atoms in total. The third-order valence-corrected chi connectivity index (χ3v) is 2.33. The van der Waals surface area contributed by atoms with Crippen molar-refractivity contribution < 1.29 is 0 Å². The Kier molecular flexibility index (Phi) is 3.90. The molecule has 1 heterocycles. The minimum atomic E-state index is 0.544. The lowest BCUT2D eigenvalue weighted by atomic mass is 10.1. The Hall–Kier alpha value is -0.890. The van der Waals surface area contributed by atoms with Crippen molar-refractivity contribution in [2.45, 2.75) is 33.4 Å². The summed E-state index contributed by atoms with van der Waals surface area (Å²) in [5, 5.41) is 3.44. The van der Waals surface area contributed by atoms with Crippen molar-refractivity contribution in [1.82, 2.24) is 10.3 Å². The van der Waals surface area contributed by atoms with Gasteiger partial charge in [0.05, 0.1) is 5.69 Å². The van der Waals surface area contributed by atoms with Crippen LogP contribution in [0.15, 0.2) is 24.4 Å². The van der Waals surface area contributed by atoms with Gasteiger partial charge in [-0.3, -0.25) is 4.98 Å². The zero-order valence-corrected chi connectivity index (χ0v) is 8.62. The van der Waals surface area contributed by atoms with Crippen LogP contribution < -0.4 is 5.32 Å². The van der Waals surface area contributed by atoms with E-state index in [1.165, 1.54) is 0 Å². The molecule has 1 aromatic heterocycles. The molecule has 0 amide bonds. The van der Waals surface area contributed by atoms with E-state index in [4.69, 9.17) is 0 Å². The standard InChI is InChI=1S/C11H18N2/c1-9(2)10(3)13-8-11-6-4-5-7-12-11/h4-7,9-10,13H,8H2,1-3H3/t10-/m1/s1. The van der Waals surface area contributed by atoms with Gasteiger partial charge in [0.15, 0.2) is 0 Å². The van der Waals surface area contributed by atoms with E-state index in [1.54, 1.807) is 0 Å². The molecule has 0 aliphatic carbocycles. The number of pyridine rings is 1. The maximum atomic E-state index is 4.25. The van der Waals surface area contributed by atoms with Gasteiger partial charge in [-0.15, -0.1) is 0 Å². The zero-order chi connectivity index (χ0) is 9.68. The normalized spacial score (nSPS) is 13.2. The van der Waals surface area contributed by atoms with Gasteiger partial charge in [-0.2, -0.15) is 0 Å². The maximum absolute atomic E-state index is 4.25. The second kappa shape index (κ2) is 4.97. The van der Waals surface area contributed by atoms with E-state index in [2.05, 4.69) is 31.1 Å². The quantitative estimate of drug-likeness (QED) is 0.764. The molecule has 0 aliphatic rings. The topological polar surface area (TPSA) is 24.9 Å². The molecule has 0 unspecified atom stereocenters. The molecule has 1 aromatic rings. The fourth-order valence-corrected chi connectivity index (χ4v) is 1.00. The molecule has 2 heteroatoms. The summed E-state index contributed by atoms with van der Waals surface area (Å²) < 4.78 is 0. The number of rotatable bonds is 4. The first-order valence-electron chi connectivity index (χ1n) is 4.83. The summed E-state index contributed by atoms with van der Waals surface area (Å²) in [4.78, 5) is 4.25. The van der Waals surface area contributed by atoms with Gasteiger partial charge in [-0.1, -0.05) is 19.9 Å². The Morgan fingerprint density at radius 1 is 1.31 bits per heavy atom. The van der Waals surface area contributed by atoms with Crippen molar-refractivity contribution in [2.24, 2.45) is 5.92 Å². The fraction of sp³-hybridized carbons (Fsp3) is 0.545. The molecule has 0 aromatic carbocycles. The summed E-state index contributed by atoms with van der Waals surface area (Å²) in [6, 6.07) is 6.54. The average Bonchev–Trinajstić information content (AvgIpc) is 2.15. The predicted molar refractivity (Wildman–Crippen MR) is 55.4 cm³/mol. The van der Waals surface area contributed by atoms with E-state index < -0.39 is 0 Å². The molecular formula is C11H18N2. The van der Waals surface area contributed by atoms with Gasteiger partial charge >= 0.3 is 0 Å². The van der Waals surface area contributed by atoms with Gasteiger partial charge in [0.1, 0.15) is 0 Å². The molecule has 1 rings (SSSR count). The van der Waals surface area contributed by atoms with Crippen LogP contribution in [0, 0.1) is 5.92 Å². The molecule has 1 N–H and O–H groups in total. The largest absolute Gasteiger partial charge is 0.308 e. The SMILES string of the molecule is CC(C)[C@@H](C)NCc1ccccn1. The van der Waals surface area contributed by atoms with E-state index >= 15 is 0 Å². The highest BCUT2D eigenvalue weighted by molar-refractivity contribution is 5.03. The molecule has 1 atom stereocenters. The Balaban J connectivity index is 2.35. The molecule has 0 radical (unpaired) electrons. The highest BCUT2D eigenvalue weighted by Gasteiger charge is 2.05. The fourth-order valence-electron chi connectivity index (χ4n) is 1.00. The minimum Gasteiger partial charge on any atom is -0.308 e. The Labute approximate surface area is 80.4 Å². The summed E-state index contributed by atoms with van der Waals surface area (Å²) in [7, 11) is 0. The van der Waals surface area contributed by atoms with Crippen molar-refractivity contribution in [3.63, 3.8) is 0 Å². The summed E-state index contributed by atoms with van der Waals surface area (Å²) >= 11 is 0. The van der Waals surface area contributed by atoms with Gasteiger partial charge < -0.3 is 5.32 Å². The van der Waals surface area contributed by atoms with E-state index in [0.717, 1.165) is 12.2 Å². The van der Waals surface area contributed by atoms with Gasteiger partial charge in [0, 0.05) is 18.8 Å². The van der Waals surface area contributed by atoms with E-state index in [1.807, 2.05) is 24.4 Å². The van der Waals surface area contributed by atoms with E-state index in [-0.39, 0.29) is 0 Å². The van der Waals surface area contributed by atoms with E-state index in [0.29, 0.717) is 12.0 Å². The highest BCUT2D eigenvalue weighted by atomic mass is 14.9. The summed E-state index contributed by atoms with van der Waals surface area (Å²) in [6.45, 7) is 7.50. The monoisotopic (exact) mass is 178 g/mol. The molecule has 0 fully saturated rings. The predicted octanol–water partition coefficient (Wildman–Crippen LogP) is 2.22. The molecule has 72 valence electrons. The van der Waals surface area contributed by atoms with Crippen LogP contribution in [0.4, 0.5) is 0 Å². The number of hydrogen-bond donors (Lipinski definition) is 1. The van der Waals surface area contributed by atoms with Crippen LogP contribution in [-0.4, -0.2) is 11.0 Å². The summed E-state index contributed by atoms with van der Waals surface area (Å²) in [5.41, 5.74) is 1.11. The molecule has 0 aliphatic heterocycles.